The van der Waals surface area contributed by atoms with E-state index in [-0.39, 0.29) is 24.3 Å². The van der Waals surface area contributed by atoms with E-state index in [4.69, 9.17) is 11.6 Å². The van der Waals surface area contributed by atoms with Crippen molar-refractivity contribution in [2.75, 3.05) is 5.32 Å². The van der Waals surface area contributed by atoms with E-state index in [9.17, 15) is 59.7 Å². The molecule has 2 aromatic rings. The van der Waals surface area contributed by atoms with Crippen LogP contribution in [0.3, 0.4) is 0 Å². The molecule has 0 saturated heterocycles. The molecule has 2 aromatic carbocycles. The Hall–Kier alpha value is -3.30. The van der Waals surface area contributed by atoms with Crippen LogP contribution in [-0.4, -0.2) is 9.85 Å². The molecule has 0 aliphatic rings. The van der Waals surface area contributed by atoms with Crippen LogP contribution in [0.25, 0.3) is 0 Å². The van der Waals surface area contributed by atoms with E-state index in [0.717, 1.165) is 0 Å². The maximum atomic E-state index is 13.4. The summed E-state index contributed by atoms with van der Waals surface area (Å²) >= 11 is 5.39. The van der Waals surface area contributed by atoms with E-state index in [1.165, 1.54) is 0 Å². The minimum absolute atomic E-state index is 0.0836. The summed E-state index contributed by atoms with van der Waals surface area (Å²) in [5.41, 5.74) is -12.5. The largest absolute Gasteiger partial charge is 0.418 e. The molecule has 0 aliphatic heterocycles. The number of benzene rings is 2. The summed E-state index contributed by atoms with van der Waals surface area (Å²) in [6.07, 6.45) is -16.8. The number of nitro benzene ring substituents is 2. The van der Waals surface area contributed by atoms with Gasteiger partial charge in [-0.3, -0.25) is 20.2 Å². The SMILES string of the molecule is O=[N+]([O-])c1cc([N+](=O)[O-])c(Nc2ccc(C(F)(F)F)c(C(F)(F)F)c2Cl)c(C(F)(F)F)c1. The Morgan fingerprint density at radius 1 is 0.781 bits per heavy atom. The van der Waals surface area contributed by atoms with Crippen LogP contribution in [0.15, 0.2) is 24.3 Å². The molecule has 0 amide bonds. The van der Waals surface area contributed by atoms with Crippen LogP contribution >= 0.6 is 11.6 Å². The van der Waals surface area contributed by atoms with Gasteiger partial charge >= 0.3 is 18.5 Å². The number of hydrogen-bond donors (Lipinski definition) is 1. The zero-order valence-electron chi connectivity index (χ0n) is 14.6. The Balaban J connectivity index is 2.85. The van der Waals surface area contributed by atoms with Gasteiger partial charge in [-0.25, -0.2) is 0 Å². The van der Waals surface area contributed by atoms with Gasteiger partial charge in [-0.15, -0.1) is 0 Å². The van der Waals surface area contributed by atoms with Gasteiger partial charge < -0.3 is 5.32 Å². The standard InChI is InChI=1S/C15H5ClF9N3O4/c16-11-8(2-1-6(13(17,18)19)10(11)15(23,24)25)26-12-7(14(20,21)22)3-5(27(29)30)4-9(12)28(31)32/h1-4,26H. The number of non-ortho nitro benzene ring substituents is 1. The molecular formula is C15H5ClF9N3O4. The van der Waals surface area contributed by atoms with Crippen molar-refractivity contribution in [3.05, 3.63) is 66.2 Å². The van der Waals surface area contributed by atoms with Crippen LogP contribution in [0.2, 0.25) is 5.02 Å². The number of anilines is 2. The lowest BCUT2D eigenvalue weighted by molar-refractivity contribution is -0.394. The van der Waals surface area contributed by atoms with Crippen molar-refractivity contribution < 1.29 is 49.4 Å². The van der Waals surface area contributed by atoms with Crippen LogP contribution < -0.4 is 5.32 Å². The number of rotatable bonds is 4. The Kier molecular flexibility index (Phi) is 6.24. The number of nitro groups is 2. The highest BCUT2D eigenvalue weighted by molar-refractivity contribution is 6.34. The molecule has 0 atom stereocenters. The highest BCUT2D eigenvalue weighted by atomic mass is 35.5. The van der Waals surface area contributed by atoms with Gasteiger partial charge in [-0.1, -0.05) is 11.6 Å². The summed E-state index contributed by atoms with van der Waals surface area (Å²) in [6.45, 7) is 0. The zero-order valence-corrected chi connectivity index (χ0v) is 15.4. The van der Waals surface area contributed by atoms with Gasteiger partial charge in [0.1, 0.15) is 5.69 Å². The molecule has 0 heterocycles. The molecule has 7 nitrogen and oxygen atoms in total. The van der Waals surface area contributed by atoms with Gasteiger partial charge in [0.05, 0.1) is 43.3 Å². The highest BCUT2D eigenvalue weighted by Crippen LogP contribution is 2.49. The predicted molar refractivity (Wildman–Crippen MR) is 89.5 cm³/mol. The lowest BCUT2D eigenvalue weighted by Crippen LogP contribution is -2.18. The summed E-state index contributed by atoms with van der Waals surface area (Å²) in [7, 11) is 0. The molecule has 0 unspecified atom stereocenters. The van der Waals surface area contributed by atoms with Gasteiger partial charge in [-0.2, -0.15) is 39.5 Å². The quantitative estimate of drug-likeness (QED) is 0.280. The monoisotopic (exact) mass is 497 g/mol. The molecule has 32 heavy (non-hydrogen) atoms. The number of nitrogens with zero attached hydrogens (tertiary/aromatic N) is 2. The van der Waals surface area contributed by atoms with Crippen LogP contribution in [0.4, 0.5) is 62.3 Å². The summed E-state index contributed by atoms with van der Waals surface area (Å²) in [5.74, 6) is 0. The van der Waals surface area contributed by atoms with Crippen molar-refractivity contribution in [3.8, 4) is 0 Å². The predicted octanol–water partition coefficient (Wildman–Crippen LogP) is 6.96. The van der Waals surface area contributed by atoms with E-state index in [1.54, 1.807) is 5.32 Å². The molecule has 0 aliphatic carbocycles. The molecule has 0 radical (unpaired) electrons. The van der Waals surface area contributed by atoms with Gasteiger partial charge in [0, 0.05) is 6.07 Å². The molecule has 0 saturated carbocycles. The average molecular weight is 498 g/mol. The zero-order chi connectivity index (χ0) is 24.8. The molecular weight excluding hydrogens is 493 g/mol. The van der Waals surface area contributed by atoms with Gasteiger partial charge in [0.2, 0.25) is 0 Å². The van der Waals surface area contributed by atoms with Crippen molar-refractivity contribution in [3.63, 3.8) is 0 Å². The molecule has 17 heteroatoms. The fourth-order valence-electron chi connectivity index (χ4n) is 2.54. The molecule has 2 rings (SSSR count). The molecule has 1 N–H and O–H groups in total. The number of alkyl halides is 9. The third kappa shape index (κ3) is 4.95. The fourth-order valence-corrected chi connectivity index (χ4v) is 2.86. The molecule has 0 spiro atoms. The maximum absolute atomic E-state index is 13.4. The first-order chi connectivity index (χ1) is 14.4. The fraction of sp³-hybridized carbons (Fsp3) is 0.200. The van der Waals surface area contributed by atoms with Crippen molar-refractivity contribution in [1.82, 2.24) is 0 Å². The maximum Gasteiger partial charge on any atom is 0.418 e. The first-order valence-electron chi connectivity index (χ1n) is 7.63. The van der Waals surface area contributed by atoms with E-state index >= 15 is 0 Å². The Morgan fingerprint density at radius 2 is 1.31 bits per heavy atom. The summed E-state index contributed by atoms with van der Waals surface area (Å²) in [6, 6.07) is 0.0332. The first-order valence-corrected chi connectivity index (χ1v) is 8.01. The highest BCUT2D eigenvalue weighted by Gasteiger charge is 2.46. The second-order valence-electron chi connectivity index (χ2n) is 5.87. The van der Waals surface area contributed by atoms with Crippen LogP contribution in [0, 0.1) is 20.2 Å². The minimum atomic E-state index is -5.71. The molecule has 0 aromatic heterocycles. The number of nitrogens with one attached hydrogen (secondary N) is 1. The molecule has 0 bridgehead atoms. The van der Waals surface area contributed by atoms with Crippen molar-refractivity contribution in [2.24, 2.45) is 0 Å². The van der Waals surface area contributed by atoms with E-state index in [1.807, 2.05) is 0 Å². The van der Waals surface area contributed by atoms with Gasteiger partial charge in [0.25, 0.3) is 11.4 Å². The normalized spacial score (nSPS) is 12.6. The van der Waals surface area contributed by atoms with E-state index in [0.29, 0.717) is 0 Å². The van der Waals surface area contributed by atoms with Crippen LogP contribution in [0.5, 0.6) is 0 Å². The second kappa shape index (κ2) is 7.99. The van der Waals surface area contributed by atoms with E-state index in [2.05, 4.69) is 0 Å². The minimum Gasteiger partial charge on any atom is -0.348 e. The van der Waals surface area contributed by atoms with Crippen molar-refractivity contribution in [2.45, 2.75) is 18.5 Å². The third-order valence-corrected chi connectivity index (χ3v) is 4.20. The van der Waals surface area contributed by atoms with Gasteiger partial charge in [-0.05, 0) is 12.1 Å². The smallest absolute Gasteiger partial charge is 0.348 e. The Labute approximate surface area is 174 Å². The number of halogens is 10. The second-order valence-corrected chi connectivity index (χ2v) is 6.25. The Morgan fingerprint density at radius 3 is 1.72 bits per heavy atom. The molecule has 0 fully saturated rings. The Bertz CT molecular complexity index is 1100. The summed E-state index contributed by atoms with van der Waals surface area (Å²) < 4.78 is 119. The van der Waals surface area contributed by atoms with E-state index < -0.39 is 72.8 Å². The topological polar surface area (TPSA) is 98.3 Å². The lowest BCUT2D eigenvalue weighted by Gasteiger charge is -2.20. The van der Waals surface area contributed by atoms with Crippen LogP contribution in [-0.2, 0) is 18.5 Å². The third-order valence-electron chi connectivity index (χ3n) is 3.81. The lowest BCUT2D eigenvalue weighted by atomic mass is 10.0. The van der Waals surface area contributed by atoms with Gasteiger partial charge in [0.15, 0.2) is 0 Å². The first kappa shape index (κ1) is 25.0. The number of hydrogen-bond acceptors (Lipinski definition) is 5. The summed E-state index contributed by atoms with van der Waals surface area (Å²) in [5, 5.41) is 21.8. The van der Waals surface area contributed by atoms with Crippen LogP contribution in [0.1, 0.15) is 16.7 Å². The van der Waals surface area contributed by atoms with Crippen molar-refractivity contribution >= 4 is 34.4 Å². The van der Waals surface area contributed by atoms with Crippen molar-refractivity contribution in [1.29, 1.82) is 0 Å². The average Bonchev–Trinajstić information content (AvgIpc) is 2.59. The summed E-state index contributed by atoms with van der Waals surface area (Å²) in [4.78, 5) is 19.1. The molecule has 174 valence electrons.